The molecule has 0 amide bonds. The van der Waals surface area contributed by atoms with Gasteiger partial charge in [-0.25, -0.2) is 0 Å². The van der Waals surface area contributed by atoms with Gasteiger partial charge in [0.25, 0.3) is 0 Å². The Hall–Kier alpha value is -2.32. The quantitative estimate of drug-likeness (QED) is 0.309. The molecular formula is C23H19BrO. The van der Waals surface area contributed by atoms with Crippen molar-refractivity contribution in [1.29, 1.82) is 0 Å². The van der Waals surface area contributed by atoms with E-state index in [0.717, 1.165) is 15.4 Å². The lowest BCUT2D eigenvalue weighted by Crippen LogP contribution is -2.14. The van der Waals surface area contributed by atoms with E-state index < -0.39 is 0 Å². The van der Waals surface area contributed by atoms with Gasteiger partial charge in [-0.3, -0.25) is 0 Å². The number of furan rings is 1. The van der Waals surface area contributed by atoms with E-state index in [4.69, 9.17) is 4.42 Å². The Bertz CT molecular complexity index is 1010. The third-order valence-corrected chi connectivity index (χ3v) is 5.40. The molecule has 1 aliphatic carbocycles. The Kier molecular flexibility index (Phi) is 4.01. The summed E-state index contributed by atoms with van der Waals surface area (Å²) in [4.78, 5) is 0. The van der Waals surface area contributed by atoms with Gasteiger partial charge >= 0.3 is 0 Å². The van der Waals surface area contributed by atoms with E-state index in [1.165, 1.54) is 22.3 Å². The molecular weight excluding hydrogens is 372 g/mol. The van der Waals surface area contributed by atoms with Gasteiger partial charge in [0.2, 0.25) is 0 Å². The normalized spacial score (nSPS) is 13.7. The maximum atomic E-state index is 5.12. The highest BCUT2D eigenvalue weighted by Crippen LogP contribution is 2.48. The molecule has 0 unspecified atom stereocenters. The molecule has 0 radical (unpaired) electrons. The zero-order valence-corrected chi connectivity index (χ0v) is 15.9. The van der Waals surface area contributed by atoms with Crippen LogP contribution in [0.25, 0.3) is 22.1 Å². The summed E-state index contributed by atoms with van der Waals surface area (Å²) in [7, 11) is 0. The third-order valence-electron chi connectivity index (χ3n) is 4.91. The molecule has 0 saturated carbocycles. The lowest BCUT2D eigenvalue weighted by molar-refractivity contribution is 0.616. The minimum atomic E-state index is 0.121. The third kappa shape index (κ3) is 2.81. The zero-order valence-electron chi connectivity index (χ0n) is 14.3. The second-order valence-corrected chi connectivity index (χ2v) is 7.73. The number of hydrogen-bond donors (Lipinski definition) is 0. The van der Waals surface area contributed by atoms with E-state index in [-0.39, 0.29) is 5.41 Å². The number of rotatable bonds is 0. The van der Waals surface area contributed by atoms with Crippen molar-refractivity contribution in [2.75, 3.05) is 0 Å². The fourth-order valence-electron chi connectivity index (χ4n) is 3.58. The summed E-state index contributed by atoms with van der Waals surface area (Å²) in [6.07, 6.45) is 1.70. The summed E-state index contributed by atoms with van der Waals surface area (Å²) in [6.45, 7) is 4.59. The Labute approximate surface area is 156 Å². The fraction of sp³-hybridized carbons (Fsp3) is 0.130. The molecule has 5 rings (SSSR count). The second kappa shape index (κ2) is 6.20. The minimum Gasteiger partial charge on any atom is -0.464 e. The molecule has 25 heavy (non-hydrogen) atoms. The molecule has 3 aromatic carbocycles. The number of halogens is 1. The van der Waals surface area contributed by atoms with Crippen LogP contribution in [-0.4, -0.2) is 0 Å². The van der Waals surface area contributed by atoms with Crippen LogP contribution in [0.4, 0.5) is 0 Å². The average Bonchev–Trinajstić information content (AvgIpc) is 3.18. The Morgan fingerprint density at radius 2 is 1.48 bits per heavy atom. The van der Waals surface area contributed by atoms with Crippen molar-refractivity contribution >= 4 is 26.9 Å². The van der Waals surface area contributed by atoms with Crippen LogP contribution in [0.15, 0.2) is 87.9 Å². The molecule has 124 valence electrons. The van der Waals surface area contributed by atoms with Gasteiger partial charge in [-0.1, -0.05) is 78.3 Å². The van der Waals surface area contributed by atoms with E-state index in [9.17, 15) is 0 Å². The maximum absolute atomic E-state index is 5.12. The van der Waals surface area contributed by atoms with E-state index in [2.05, 4.69) is 72.2 Å². The molecule has 0 atom stereocenters. The van der Waals surface area contributed by atoms with Crippen LogP contribution in [0.5, 0.6) is 0 Å². The number of fused-ring (bicyclic) bond motifs is 4. The van der Waals surface area contributed by atoms with Gasteiger partial charge in [0.05, 0.1) is 6.26 Å². The van der Waals surface area contributed by atoms with E-state index >= 15 is 0 Å². The number of hydrogen-bond acceptors (Lipinski definition) is 1. The SMILES string of the molecule is CC1(C)c2ccccc2-c2ccc(Br)cc21.c1ccc2occc2c1. The van der Waals surface area contributed by atoms with Crippen molar-refractivity contribution in [2.45, 2.75) is 19.3 Å². The predicted molar refractivity (Wildman–Crippen MR) is 108 cm³/mol. The average molecular weight is 391 g/mol. The first-order chi connectivity index (χ1) is 12.1. The van der Waals surface area contributed by atoms with E-state index in [0.29, 0.717) is 0 Å². The van der Waals surface area contributed by atoms with Gasteiger partial charge in [0.15, 0.2) is 0 Å². The van der Waals surface area contributed by atoms with Crippen molar-refractivity contribution in [3.63, 3.8) is 0 Å². The highest BCUT2D eigenvalue weighted by atomic mass is 79.9. The molecule has 0 spiro atoms. The van der Waals surface area contributed by atoms with Crippen LogP contribution in [0.2, 0.25) is 0 Å². The highest BCUT2D eigenvalue weighted by molar-refractivity contribution is 9.10. The van der Waals surface area contributed by atoms with Crippen LogP contribution < -0.4 is 0 Å². The topological polar surface area (TPSA) is 13.1 Å². The fourth-order valence-corrected chi connectivity index (χ4v) is 3.94. The van der Waals surface area contributed by atoms with Crippen molar-refractivity contribution in [2.24, 2.45) is 0 Å². The predicted octanol–water partition coefficient (Wildman–Crippen LogP) is 7.19. The molecule has 1 aliphatic rings. The monoisotopic (exact) mass is 390 g/mol. The van der Waals surface area contributed by atoms with Crippen LogP contribution in [0.3, 0.4) is 0 Å². The standard InChI is InChI=1S/C15H13Br.C8H6O/c1-15(2)13-6-4-3-5-11(13)12-8-7-10(16)9-14(12)15;1-2-4-8-7(3-1)5-6-9-8/h3-9H,1-2H3;1-6H. The summed E-state index contributed by atoms with van der Waals surface area (Å²) in [5.74, 6) is 0. The first-order valence-corrected chi connectivity index (χ1v) is 9.19. The van der Waals surface area contributed by atoms with Gasteiger partial charge in [-0.2, -0.15) is 0 Å². The molecule has 1 nitrogen and oxygen atoms in total. The van der Waals surface area contributed by atoms with E-state index in [1.54, 1.807) is 6.26 Å². The molecule has 0 fully saturated rings. The molecule has 1 heterocycles. The van der Waals surface area contributed by atoms with Gasteiger partial charge < -0.3 is 4.42 Å². The molecule has 0 N–H and O–H groups in total. The Balaban J connectivity index is 0.000000147. The summed E-state index contributed by atoms with van der Waals surface area (Å²) < 4.78 is 6.28. The maximum Gasteiger partial charge on any atom is 0.133 e. The van der Waals surface area contributed by atoms with E-state index in [1.807, 2.05) is 30.3 Å². The lowest BCUT2D eigenvalue weighted by Gasteiger charge is -2.21. The summed E-state index contributed by atoms with van der Waals surface area (Å²) >= 11 is 3.56. The molecule has 4 aromatic rings. The molecule has 1 aromatic heterocycles. The van der Waals surface area contributed by atoms with Crippen molar-refractivity contribution < 1.29 is 4.42 Å². The Morgan fingerprint density at radius 1 is 0.760 bits per heavy atom. The summed E-state index contributed by atoms with van der Waals surface area (Å²) in [5.41, 5.74) is 6.69. The van der Waals surface area contributed by atoms with Gasteiger partial charge in [-0.05, 0) is 46.5 Å². The van der Waals surface area contributed by atoms with Gasteiger partial charge in [-0.15, -0.1) is 0 Å². The van der Waals surface area contributed by atoms with Crippen molar-refractivity contribution in [3.8, 4) is 11.1 Å². The van der Waals surface area contributed by atoms with Crippen LogP contribution >= 0.6 is 15.9 Å². The van der Waals surface area contributed by atoms with Gasteiger partial charge in [0.1, 0.15) is 5.58 Å². The highest BCUT2D eigenvalue weighted by Gasteiger charge is 2.34. The van der Waals surface area contributed by atoms with Crippen molar-refractivity contribution in [1.82, 2.24) is 0 Å². The lowest BCUT2D eigenvalue weighted by atomic mass is 9.82. The molecule has 0 aliphatic heterocycles. The molecule has 2 heteroatoms. The second-order valence-electron chi connectivity index (χ2n) is 6.82. The van der Waals surface area contributed by atoms with Crippen molar-refractivity contribution in [3.05, 3.63) is 94.7 Å². The number of benzene rings is 3. The molecule has 0 bridgehead atoms. The Morgan fingerprint density at radius 3 is 2.32 bits per heavy atom. The molecule has 0 saturated heterocycles. The smallest absolute Gasteiger partial charge is 0.133 e. The first-order valence-electron chi connectivity index (χ1n) is 8.39. The van der Waals surface area contributed by atoms with Crippen LogP contribution in [0, 0.1) is 0 Å². The van der Waals surface area contributed by atoms with Crippen LogP contribution in [-0.2, 0) is 5.41 Å². The largest absolute Gasteiger partial charge is 0.464 e. The zero-order chi connectivity index (χ0) is 17.4. The van der Waals surface area contributed by atoms with Gasteiger partial charge in [0, 0.05) is 15.3 Å². The summed E-state index contributed by atoms with van der Waals surface area (Å²) in [5, 5.41) is 1.16. The summed E-state index contributed by atoms with van der Waals surface area (Å²) in [6, 6.07) is 25.2. The minimum absolute atomic E-state index is 0.121. The van der Waals surface area contributed by atoms with Crippen LogP contribution in [0.1, 0.15) is 25.0 Å². The first kappa shape index (κ1) is 16.2. The number of para-hydroxylation sites is 1.